The summed E-state index contributed by atoms with van der Waals surface area (Å²) >= 11 is 0. The van der Waals surface area contributed by atoms with E-state index >= 15 is 0 Å². The van der Waals surface area contributed by atoms with Gasteiger partial charge in [-0.25, -0.2) is 22.5 Å². The second-order valence-corrected chi connectivity index (χ2v) is 8.72. The summed E-state index contributed by atoms with van der Waals surface area (Å²) < 4.78 is 62.7. The van der Waals surface area contributed by atoms with E-state index < -0.39 is 30.8 Å². The van der Waals surface area contributed by atoms with Gasteiger partial charge >= 0.3 is 0 Å². The molecule has 0 atom stereocenters. The lowest BCUT2D eigenvalue weighted by Crippen LogP contribution is -2.33. The van der Waals surface area contributed by atoms with Gasteiger partial charge in [0, 0.05) is 36.2 Å². The standard InChI is InChI=1S/C24H21F4N5O3/c1-13-2-4-15(21-31-23(36-32-21)16-7-24(27,28)8-16)6-17(13)30-22(34)18-9-29-20-5-3-14(10-33(18)20)11-35-12-19(25)26/h2-6,9-10,16,19H,7-8,11-12H2,1H3,(H,30,34). The summed E-state index contributed by atoms with van der Waals surface area (Å²) in [6, 6.07) is 8.53. The van der Waals surface area contributed by atoms with E-state index in [1.165, 1.54) is 6.20 Å². The van der Waals surface area contributed by atoms with Gasteiger partial charge in [-0.05, 0) is 30.2 Å². The second-order valence-electron chi connectivity index (χ2n) is 8.72. The van der Waals surface area contributed by atoms with E-state index in [0.29, 0.717) is 22.5 Å². The fourth-order valence-electron chi connectivity index (χ4n) is 3.98. The molecule has 0 saturated heterocycles. The van der Waals surface area contributed by atoms with Crippen molar-refractivity contribution in [2.24, 2.45) is 0 Å². The van der Waals surface area contributed by atoms with Crippen molar-refractivity contribution in [2.45, 2.75) is 44.6 Å². The number of ether oxygens (including phenoxy) is 1. The molecule has 1 aromatic carbocycles. The SMILES string of the molecule is Cc1ccc(-c2noc(C3CC(F)(F)C3)n2)cc1NC(=O)c1cnc2ccc(COCC(F)F)cn12. The molecule has 0 spiro atoms. The summed E-state index contributed by atoms with van der Waals surface area (Å²) in [6.07, 6.45) is -0.180. The Bertz CT molecular complexity index is 1410. The van der Waals surface area contributed by atoms with Crippen molar-refractivity contribution in [3.63, 3.8) is 0 Å². The highest BCUT2D eigenvalue weighted by Gasteiger charge is 2.48. The van der Waals surface area contributed by atoms with E-state index in [4.69, 9.17) is 9.26 Å². The summed E-state index contributed by atoms with van der Waals surface area (Å²) in [5, 5.41) is 6.75. The lowest BCUT2D eigenvalue weighted by atomic mass is 9.81. The Morgan fingerprint density at radius 3 is 2.83 bits per heavy atom. The first kappa shape index (κ1) is 23.9. The molecule has 3 aromatic heterocycles. The minimum Gasteiger partial charge on any atom is -0.371 e. The molecule has 0 aliphatic heterocycles. The van der Waals surface area contributed by atoms with E-state index in [0.717, 1.165) is 5.56 Å². The first-order chi connectivity index (χ1) is 17.2. The second kappa shape index (κ2) is 9.34. The van der Waals surface area contributed by atoms with Crippen LogP contribution in [0.4, 0.5) is 23.2 Å². The Hall–Kier alpha value is -3.80. The Kier molecular flexibility index (Phi) is 6.20. The summed E-state index contributed by atoms with van der Waals surface area (Å²) in [6.45, 7) is 1.09. The van der Waals surface area contributed by atoms with E-state index in [-0.39, 0.29) is 36.9 Å². The lowest BCUT2D eigenvalue weighted by molar-refractivity contribution is -0.0925. The highest BCUT2D eigenvalue weighted by atomic mass is 19.3. The molecule has 36 heavy (non-hydrogen) atoms. The van der Waals surface area contributed by atoms with E-state index in [9.17, 15) is 22.4 Å². The number of nitrogens with zero attached hydrogens (tertiary/aromatic N) is 4. The largest absolute Gasteiger partial charge is 0.371 e. The van der Waals surface area contributed by atoms with Crippen LogP contribution in [-0.2, 0) is 11.3 Å². The van der Waals surface area contributed by atoms with Crippen molar-refractivity contribution in [2.75, 3.05) is 11.9 Å². The Labute approximate surface area is 202 Å². The van der Waals surface area contributed by atoms with Crippen LogP contribution in [0, 0.1) is 6.92 Å². The monoisotopic (exact) mass is 503 g/mol. The number of anilines is 1. The molecule has 1 N–H and O–H groups in total. The maximum absolute atomic E-state index is 13.2. The molecule has 5 rings (SSSR count). The minimum absolute atomic E-state index is 0.0359. The zero-order valence-electron chi connectivity index (χ0n) is 19.1. The van der Waals surface area contributed by atoms with Crippen molar-refractivity contribution in [3.8, 4) is 11.4 Å². The third-order valence-electron chi connectivity index (χ3n) is 5.94. The quantitative estimate of drug-likeness (QED) is 0.331. The molecule has 0 unspecified atom stereocenters. The molecule has 12 heteroatoms. The molecule has 1 aliphatic carbocycles. The van der Waals surface area contributed by atoms with Crippen LogP contribution in [0.15, 0.2) is 47.2 Å². The van der Waals surface area contributed by atoms with Crippen molar-refractivity contribution in [1.82, 2.24) is 19.5 Å². The number of alkyl halides is 4. The zero-order valence-corrected chi connectivity index (χ0v) is 19.1. The number of rotatable bonds is 8. The maximum Gasteiger partial charge on any atom is 0.274 e. The number of benzene rings is 1. The average molecular weight is 503 g/mol. The summed E-state index contributed by atoms with van der Waals surface area (Å²) in [7, 11) is 0. The molecule has 3 heterocycles. The third-order valence-corrected chi connectivity index (χ3v) is 5.94. The van der Waals surface area contributed by atoms with Crippen LogP contribution < -0.4 is 5.32 Å². The number of fused-ring (bicyclic) bond motifs is 1. The number of amides is 1. The van der Waals surface area contributed by atoms with Crippen LogP contribution in [0.25, 0.3) is 17.0 Å². The molecule has 4 aromatic rings. The van der Waals surface area contributed by atoms with Gasteiger partial charge in [-0.3, -0.25) is 9.20 Å². The van der Waals surface area contributed by atoms with Crippen LogP contribution in [0.3, 0.4) is 0 Å². The number of carbonyl (C=O) groups is 1. The highest BCUT2D eigenvalue weighted by Crippen LogP contribution is 2.48. The van der Waals surface area contributed by atoms with Crippen LogP contribution >= 0.6 is 0 Å². The van der Waals surface area contributed by atoms with E-state index in [1.54, 1.807) is 40.9 Å². The molecule has 1 aliphatic rings. The van der Waals surface area contributed by atoms with Crippen molar-refractivity contribution < 1.29 is 31.6 Å². The number of aromatic nitrogens is 4. The van der Waals surface area contributed by atoms with Gasteiger partial charge in [-0.1, -0.05) is 23.4 Å². The summed E-state index contributed by atoms with van der Waals surface area (Å²) in [5.74, 6) is -3.20. The van der Waals surface area contributed by atoms with E-state index in [1.807, 2.05) is 6.92 Å². The van der Waals surface area contributed by atoms with Crippen LogP contribution in [-0.4, -0.2) is 44.4 Å². The minimum atomic E-state index is -2.70. The van der Waals surface area contributed by atoms with Crippen LogP contribution in [0.2, 0.25) is 0 Å². The molecule has 1 amide bonds. The predicted octanol–water partition coefficient (Wildman–Crippen LogP) is 5.24. The predicted molar refractivity (Wildman–Crippen MR) is 120 cm³/mol. The number of carbonyl (C=O) groups excluding carboxylic acids is 1. The fourth-order valence-corrected chi connectivity index (χ4v) is 3.98. The van der Waals surface area contributed by atoms with Crippen molar-refractivity contribution in [1.29, 1.82) is 0 Å². The van der Waals surface area contributed by atoms with Gasteiger partial charge in [0.15, 0.2) is 0 Å². The molecule has 8 nitrogen and oxygen atoms in total. The highest BCUT2D eigenvalue weighted by molar-refractivity contribution is 6.04. The number of pyridine rings is 1. The normalized spacial score (nSPS) is 15.4. The number of imidazole rings is 1. The molecular weight excluding hydrogens is 482 g/mol. The Morgan fingerprint density at radius 2 is 2.08 bits per heavy atom. The number of halogens is 4. The molecule has 188 valence electrons. The van der Waals surface area contributed by atoms with Gasteiger partial charge in [0.1, 0.15) is 17.9 Å². The van der Waals surface area contributed by atoms with Gasteiger partial charge in [-0.2, -0.15) is 4.98 Å². The number of nitrogens with one attached hydrogen (secondary N) is 1. The lowest BCUT2D eigenvalue weighted by Gasteiger charge is -2.31. The van der Waals surface area contributed by atoms with Gasteiger partial charge in [-0.15, -0.1) is 0 Å². The first-order valence-corrected chi connectivity index (χ1v) is 11.1. The zero-order chi connectivity index (χ0) is 25.4. The van der Waals surface area contributed by atoms with Crippen LogP contribution in [0.5, 0.6) is 0 Å². The number of hydrogen-bond donors (Lipinski definition) is 1. The molecule has 0 radical (unpaired) electrons. The van der Waals surface area contributed by atoms with Crippen molar-refractivity contribution >= 4 is 17.2 Å². The van der Waals surface area contributed by atoms with Gasteiger partial charge in [0.05, 0.1) is 12.8 Å². The van der Waals surface area contributed by atoms with E-state index in [2.05, 4.69) is 20.4 Å². The van der Waals surface area contributed by atoms with Crippen molar-refractivity contribution in [3.05, 3.63) is 65.4 Å². The number of aryl methyl sites for hydroxylation is 1. The smallest absolute Gasteiger partial charge is 0.274 e. The molecule has 1 saturated carbocycles. The van der Waals surface area contributed by atoms with Gasteiger partial charge < -0.3 is 14.6 Å². The first-order valence-electron chi connectivity index (χ1n) is 11.1. The summed E-state index contributed by atoms with van der Waals surface area (Å²) in [5.41, 5.74) is 3.15. The molecule has 1 fully saturated rings. The number of hydrogen-bond acceptors (Lipinski definition) is 6. The van der Waals surface area contributed by atoms with Crippen LogP contribution in [0.1, 0.15) is 46.3 Å². The summed E-state index contributed by atoms with van der Waals surface area (Å²) in [4.78, 5) is 21.6. The average Bonchev–Trinajstić information content (AvgIpc) is 3.46. The molecule has 0 bridgehead atoms. The Balaban J connectivity index is 1.33. The third kappa shape index (κ3) is 4.94. The topological polar surface area (TPSA) is 94.6 Å². The molecular formula is C24H21F4N5O3. The van der Waals surface area contributed by atoms with Gasteiger partial charge in [0.25, 0.3) is 12.3 Å². The van der Waals surface area contributed by atoms with Gasteiger partial charge in [0.2, 0.25) is 17.6 Å². The Morgan fingerprint density at radius 1 is 1.28 bits per heavy atom. The fraction of sp³-hybridized carbons (Fsp3) is 0.333. The maximum atomic E-state index is 13.2.